The van der Waals surface area contributed by atoms with Crippen LogP contribution >= 0.6 is 0 Å². The number of hydrogen-bond acceptors (Lipinski definition) is 2. The number of hydrogen-bond donors (Lipinski definition) is 0. The van der Waals surface area contributed by atoms with Crippen molar-refractivity contribution in [2.75, 3.05) is 6.54 Å². The van der Waals surface area contributed by atoms with E-state index in [0.29, 0.717) is 6.42 Å². The minimum Gasteiger partial charge on any atom is -0.294 e. The van der Waals surface area contributed by atoms with Gasteiger partial charge in [-0.2, -0.15) is 0 Å². The fourth-order valence-corrected chi connectivity index (χ4v) is 5.14. The number of carbonyl (C=O) groups is 1. The van der Waals surface area contributed by atoms with Gasteiger partial charge in [0.15, 0.2) is 0 Å². The number of carbonyl (C=O) groups excluding carboxylic acids is 1. The molecule has 0 fully saturated rings. The Balaban J connectivity index is 1.55. The molecule has 0 radical (unpaired) electrons. The van der Waals surface area contributed by atoms with Crippen molar-refractivity contribution in [1.29, 1.82) is 0 Å². The maximum atomic E-state index is 12.8. The molecule has 3 heteroatoms. The van der Waals surface area contributed by atoms with Crippen LogP contribution in [0.4, 0.5) is 0 Å². The molecule has 0 N–H and O–H groups in total. The van der Waals surface area contributed by atoms with E-state index in [-0.39, 0.29) is 5.91 Å². The van der Waals surface area contributed by atoms with E-state index < -0.39 is 0 Å². The van der Waals surface area contributed by atoms with Crippen LogP contribution in [0.25, 0.3) is 21.8 Å². The van der Waals surface area contributed by atoms with Crippen LogP contribution in [0, 0.1) is 0 Å². The minimum atomic E-state index is 0.232. The summed E-state index contributed by atoms with van der Waals surface area (Å²) >= 11 is 0. The van der Waals surface area contributed by atoms with E-state index in [0.717, 1.165) is 43.5 Å². The lowest BCUT2D eigenvalue weighted by Crippen LogP contribution is -2.30. The van der Waals surface area contributed by atoms with Crippen LogP contribution in [0.5, 0.6) is 0 Å². The fraction of sp³-hybridized carbons (Fsp3) is 0.240. The summed E-state index contributed by atoms with van der Waals surface area (Å²) in [6.45, 7) is 3.01. The Kier molecular flexibility index (Phi) is 3.47. The molecule has 1 aromatic heterocycles. The standard InChI is InChI=1S/C25H22N2O/c28-23-11-10-19-14-18-12-13-26(15-17-6-2-1-3-7-17)16-21(18)24-20-8-4-5-9-22(20)27(23)25(19)24/h1-9,14H,10-13,15-16H2. The highest BCUT2D eigenvalue weighted by Gasteiger charge is 2.28. The average molecular weight is 366 g/mol. The zero-order chi connectivity index (χ0) is 18.7. The van der Waals surface area contributed by atoms with Crippen LogP contribution in [0.1, 0.15) is 33.5 Å². The molecule has 3 heterocycles. The highest BCUT2D eigenvalue weighted by molar-refractivity contribution is 6.16. The Morgan fingerprint density at radius 3 is 2.57 bits per heavy atom. The van der Waals surface area contributed by atoms with Gasteiger partial charge in [0.25, 0.3) is 0 Å². The van der Waals surface area contributed by atoms with Crippen LogP contribution in [0.2, 0.25) is 0 Å². The zero-order valence-electron chi connectivity index (χ0n) is 15.8. The van der Waals surface area contributed by atoms with Crippen molar-refractivity contribution < 1.29 is 4.79 Å². The first kappa shape index (κ1) is 16.1. The molecule has 2 aliphatic heterocycles. The lowest BCUT2D eigenvalue weighted by atomic mass is 9.90. The second-order valence-corrected chi connectivity index (χ2v) is 8.09. The van der Waals surface area contributed by atoms with Crippen LogP contribution < -0.4 is 0 Å². The second-order valence-electron chi connectivity index (χ2n) is 8.09. The molecule has 28 heavy (non-hydrogen) atoms. The predicted octanol–water partition coefficient (Wildman–Crippen LogP) is 4.94. The molecule has 0 atom stereocenters. The molecule has 4 aromatic rings. The first-order valence-electron chi connectivity index (χ1n) is 10.2. The van der Waals surface area contributed by atoms with Gasteiger partial charge in [-0.15, -0.1) is 0 Å². The van der Waals surface area contributed by atoms with Gasteiger partial charge in [-0.3, -0.25) is 14.3 Å². The van der Waals surface area contributed by atoms with Gasteiger partial charge in [0.05, 0.1) is 11.0 Å². The molecule has 0 aliphatic carbocycles. The molecule has 2 aliphatic rings. The van der Waals surface area contributed by atoms with E-state index in [1.165, 1.54) is 33.0 Å². The summed E-state index contributed by atoms with van der Waals surface area (Å²) in [5.41, 5.74) is 7.84. The Morgan fingerprint density at radius 1 is 0.857 bits per heavy atom. The molecule has 3 nitrogen and oxygen atoms in total. The van der Waals surface area contributed by atoms with Gasteiger partial charge in [0, 0.05) is 36.8 Å². The second kappa shape index (κ2) is 6.05. The van der Waals surface area contributed by atoms with Crippen LogP contribution in [0.15, 0.2) is 60.7 Å². The van der Waals surface area contributed by atoms with E-state index in [2.05, 4.69) is 59.5 Å². The number of rotatable bonds is 2. The van der Waals surface area contributed by atoms with Crippen LogP contribution in [-0.4, -0.2) is 21.9 Å². The van der Waals surface area contributed by atoms with Crippen molar-refractivity contribution in [2.45, 2.75) is 32.4 Å². The smallest absolute Gasteiger partial charge is 0.231 e. The van der Waals surface area contributed by atoms with E-state index >= 15 is 0 Å². The van der Waals surface area contributed by atoms with Gasteiger partial charge in [-0.05, 0) is 41.2 Å². The Hall–Kier alpha value is -2.91. The number of para-hydroxylation sites is 1. The monoisotopic (exact) mass is 366 g/mol. The highest BCUT2D eigenvalue weighted by Crippen LogP contribution is 2.40. The number of nitrogens with zero attached hydrogens (tertiary/aromatic N) is 2. The molecule has 0 bridgehead atoms. The number of aryl methyl sites for hydroxylation is 1. The first-order chi connectivity index (χ1) is 13.8. The van der Waals surface area contributed by atoms with Crippen LogP contribution in [-0.2, 0) is 25.9 Å². The lowest BCUT2D eigenvalue weighted by Gasteiger charge is -2.30. The summed E-state index contributed by atoms with van der Waals surface area (Å²) in [5, 5.41) is 2.54. The Bertz CT molecular complexity index is 1240. The highest BCUT2D eigenvalue weighted by atomic mass is 16.2. The van der Waals surface area contributed by atoms with E-state index in [1.807, 2.05) is 10.6 Å². The fourth-order valence-electron chi connectivity index (χ4n) is 5.14. The van der Waals surface area contributed by atoms with Crippen molar-refractivity contribution in [3.8, 4) is 0 Å². The Morgan fingerprint density at radius 2 is 1.68 bits per heavy atom. The minimum absolute atomic E-state index is 0.232. The van der Waals surface area contributed by atoms with E-state index in [9.17, 15) is 4.79 Å². The summed E-state index contributed by atoms with van der Waals surface area (Å²) in [5.74, 6) is 0.232. The average Bonchev–Trinajstić information content (AvgIpc) is 3.09. The first-order valence-corrected chi connectivity index (χ1v) is 10.2. The molecule has 3 aromatic carbocycles. The van der Waals surface area contributed by atoms with Gasteiger partial charge < -0.3 is 0 Å². The molecule has 0 unspecified atom stereocenters. The quantitative estimate of drug-likeness (QED) is 0.502. The maximum Gasteiger partial charge on any atom is 0.231 e. The molecule has 0 saturated carbocycles. The Labute approximate surface area is 164 Å². The topological polar surface area (TPSA) is 25.2 Å². The van der Waals surface area contributed by atoms with Gasteiger partial charge in [-0.1, -0.05) is 54.6 Å². The van der Waals surface area contributed by atoms with Gasteiger partial charge in [0.1, 0.15) is 0 Å². The van der Waals surface area contributed by atoms with Crippen molar-refractivity contribution in [2.24, 2.45) is 0 Å². The molecule has 0 saturated heterocycles. The van der Waals surface area contributed by atoms with Gasteiger partial charge in [0.2, 0.25) is 5.91 Å². The molecule has 138 valence electrons. The van der Waals surface area contributed by atoms with E-state index in [1.54, 1.807) is 0 Å². The molecule has 6 rings (SSSR count). The van der Waals surface area contributed by atoms with Crippen molar-refractivity contribution in [3.63, 3.8) is 0 Å². The summed E-state index contributed by atoms with van der Waals surface area (Å²) < 4.78 is 1.99. The molecular weight excluding hydrogens is 344 g/mol. The third-order valence-electron chi connectivity index (χ3n) is 6.40. The maximum absolute atomic E-state index is 12.8. The summed E-state index contributed by atoms with van der Waals surface area (Å²) in [7, 11) is 0. The molecular formula is C25H22N2O. The number of aromatic nitrogens is 1. The SMILES string of the molecule is O=C1CCc2cc3c(c4c5ccccc5n1c24)CN(Cc1ccccc1)CC3. The summed E-state index contributed by atoms with van der Waals surface area (Å²) in [6.07, 6.45) is 2.56. The summed E-state index contributed by atoms with van der Waals surface area (Å²) in [4.78, 5) is 15.3. The lowest BCUT2D eigenvalue weighted by molar-refractivity contribution is 0.0908. The zero-order valence-corrected chi connectivity index (χ0v) is 15.8. The molecule has 0 amide bonds. The van der Waals surface area contributed by atoms with Crippen molar-refractivity contribution >= 4 is 27.7 Å². The van der Waals surface area contributed by atoms with Crippen molar-refractivity contribution in [1.82, 2.24) is 9.47 Å². The molecule has 0 spiro atoms. The van der Waals surface area contributed by atoms with Gasteiger partial charge >= 0.3 is 0 Å². The number of benzene rings is 3. The predicted molar refractivity (Wildman–Crippen MR) is 113 cm³/mol. The third kappa shape index (κ3) is 2.29. The third-order valence-corrected chi connectivity index (χ3v) is 6.40. The largest absolute Gasteiger partial charge is 0.294 e. The van der Waals surface area contributed by atoms with Gasteiger partial charge in [-0.25, -0.2) is 0 Å². The van der Waals surface area contributed by atoms with E-state index in [4.69, 9.17) is 0 Å². The van der Waals surface area contributed by atoms with Crippen molar-refractivity contribution in [3.05, 3.63) is 82.9 Å². The van der Waals surface area contributed by atoms with Crippen LogP contribution in [0.3, 0.4) is 0 Å². The summed E-state index contributed by atoms with van der Waals surface area (Å²) in [6, 6.07) is 21.5. The normalized spacial score (nSPS) is 16.6. The number of fused-ring (bicyclic) bond motifs is 5.